The van der Waals surface area contributed by atoms with E-state index in [-0.39, 0.29) is 18.3 Å². The standard InChI is InChI=1S/C12H24N2O.ClH/c1-10(8-13)9-14-12(15)7-6-11-4-2-3-5-11;/h10-11H,2-9,13H2,1H3,(H,14,15);1H. The van der Waals surface area contributed by atoms with Crippen LogP contribution in [0.15, 0.2) is 0 Å². The van der Waals surface area contributed by atoms with Crippen LogP contribution >= 0.6 is 12.4 Å². The van der Waals surface area contributed by atoms with Crippen molar-refractivity contribution in [3.05, 3.63) is 0 Å². The van der Waals surface area contributed by atoms with Crippen molar-refractivity contribution in [1.82, 2.24) is 5.32 Å². The minimum Gasteiger partial charge on any atom is -0.356 e. The zero-order chi connectivity index (χ0) is 11.1. The van der Waals surface area contributed by atoms with Gasteiger partial charge in [0.15, 0.2) is 0 Å². The first-order valence-corrected chi connectivity index (χ1v) is 6.19. The molecule has 1 rings (SSSR count). The van der Waals surface area contributed by atoms with Crippen LogP contribution in [0.4, 0.5) is 0 Å². The summed E-state index contributed by atoms with van der Waals surface area (Å²) >= 11 is 0. The van der Waals surface area contributed by atoms with Gasteiger partial charge in [-0.05, 0) is 24.8 Å². The molecular formula is C12H25ClN2O. The van der Waals surface area contributed by atoms with E-state index in [1.807, 2.05) is 0 Å². The molecule has 0 aromatic carbocycles. The van der Waals surface area contributed by atoms with Gasteiger partial charge in [-0.25, -0.2) is 0 Å². The first-order chi connectivity index (χ1) is 7.22. The molecule has 1 aliphatic rings. The van der Waals surface area contributed by atoms with E-state index in [9.17, 15) is 4.79 Å². The Balaban J connectivity index is 0.00000225. The van der Waals surface area contributed by atoms with E-state index in [4.69, 9.17) is 5.73 Å². The maximum absolute atomic E-state index is 11.5. The number of carbonyl (C=O) groups excluding carboxylic acids is 1. The average Bonchev–Trinajstić information content (AvgIpc) is 2.75. The second-order valence-electron chi connectivity index (χ2n) is 4.83. The number of carbonyl (C=O) groups is 1. The summed E-state index contributed by atoms with van der Waals surface area (Å²) < 4.78 is 0. The molecule has 0 spiro atoms. The first-order valence-electron chi connectivity index (χ1n) is 6.19. The van der Waals surface area contributed by atoms with Crippen molar-refractivity contribution in [1.29, 1.82) is 0 Å². The molecule has 1 unspecified atom stereocenters. The van der Waals surface area contributed by atoms with Crippen molar-refractivity contribution >= 4 is 18.3 Å². The maximum Gasteiger partial charge on any atom is 0.220 e. The number of nitrogens with two attached hydrogens (primary N) is 1. The monoisotopic (exact) mass is 248 g/mol. The van der Waals surface area contributed by atoms with Crippen LogP contribution in [-0.2, 0) is 4.79 Å². The van der Waals surface area contributed by atoms with Gasteiger partial charge in [-0.1, -0.05) is 32.6 Å². The molecule has 1 amide bonds. The van der Waals surface area contributed by atoms with Gasteiger partial charge in [-0.15, -0.1) is 12.4 Å². The van der Waals surface area contributed by atoms with Gasteiger partial charge in [0.1, 0.15) is 0 Å². The highest BCUT2D eigenvalue weighted by Crippen LogP contribution is 2.28. The molecule has 1 fully saturated rings. The Labute approximate surface area is 105 Å². The molecule has 0 radical (unpaired) electrons. The molecule has 0 aliphatic heterocycles. The fraction of sp³-hybridized carbons (Fsp3) is 0.917. The van der Waals surface area contributed by atoms with Gasteiger partial charge < -0.3 is 11.1 Å². The van der Waals surface area contributed by atoms with Crippen molar-refractivity contribution in [2.75, 3.05) is 13.1 Å². The van der Waals surface area contributed by atoms with Gasteiger partial charge in [-0.2, -0.15) is 0 Å². The third-order valence-electron chi connectivity index (χ3n) is 3.30. The third-order valence-corrected chi connectivity index (χ3v) is 3.30. The summed E-state index contributed by atoms with van der Waals surface area (Å²) in [7, 11) is 0. The number of amides is 1. The van der Waals surface area contributed by atoms with E-state index >= 15 is 0 Å². The molecule has 0 aromatic rings. The van der Waals surface area contributed by atoms with Crippen LogP contribution in [0.2, 0.25) is 0 Å². The largest absolute Gasteiger partial charge is 0.356 e. The molecule has 0 bridgehead atoms. The van der Waals surface area contributed by atoms with Crippen LogP contribution < -0.4 is 11.1 Å². The SMILES string of the molecule is CC(CN)CNC(=O)CCC1CCCC1.Cl. The van der Waals surface area contributed by atoms with Crippen molar-refractivity contribution in [2.24, 2.45) is 17.6 Å². The van der Waals surface area contributed by atoms with Gasteiger partial charge in [0.25, 0.3) is 0 Å². The molecule has 4 heteroatoms. The summed E-state index contributed by atoms with van der Waals surface area (Å²) in [5, 5.41) is 2.94. The fourth-order valence-corrected chi connectivity index (χ4v) is 2.09. The zero-order valence-electron chi connectivity index (χ0n) is 10.2. The molecule has 1 saturated carbocycles. The van der Waals surface area contributed by atoms with Gasteiger partial charge in [0.2, 0.25) is 5.91 Å². The molecular weight excluding hydrogens is 224 g/mol. The Kier molecular flexibility index (Phi) is 8.67. The van der Waals surface area contributed by atoms with E-state index in [1.165, 1.54) is 25.7 Å². The number of nitrogens with one attached hydrogen (secondary N) is 1. The van der Waals surface area contributed by atoms with Crippen LogP contribution in [0.25, 0.3) is 0 Å². The average molecular weight is 249 g/mol. The van der Waals surface area contributed by atoms with Gasteiger partial charge in [0, 0.05) is 13.0 Å². The molecule has 0 saturated heterocycles. The molecule has 3 nitrogen and oxygen atoms in total. The molecule has 1 aliphatic carbocycles. The Morgan fingerprint density at radius 3 is 2.62 bits per heavy atom. The normalized spacial score (nSPS) is 17.9. The van der Waals surface area contributed by atoms with Crippen LogP contribution in [0, 0.1) is 11.8 Å². The molecule has 1 atom stereocenters. The van der Waals surface area contributed by atoms with Crippen molar-refractivity contribution in [3.63, 3.8) is 0 Å². The summed E-state index contributed by atoms with van der Waals surface area (Å²) in [4.78, 5) is 11.5. The van der Waals surface area contributed by atoms with Crippen LogP contribution in [-0.4, -0.2) is 19.0 Å². The highest BCUT2D eigenvalue weighted by Gasteiger charge is 2.16. The topological polar surface area (TPSA) is 55.1 Å². The highest BCUT2D eigenvalue weighted by molar-refractivity contribution is 5.85. The Hall–Kier alpha value is -0.280. The Morgan fingerprint density at radius 2 is 2.06 bits per heavy atom. The van der Waals surface area contributed by atoms with Gasteiger partial charge in [-0.3, -0.25) is 4.79 Å². The molecule has 96 valence electrons. The molecule has 16 heavy (non-hydrogen) atoms. The third kappa shape index (κ3) is 6.33. The van der Waals surface area contributed by atoms with E-state index in [2.05, 4.69) is 12.2 Å². The number of hydrogen-bond donors (Lipinski definition) is 2. The molecule has 0 heterocycles. The molecule has 3 N–H and O–H groups in total. The van der Waals surface area contributed by atoms with E-state index in [1.54, 1.807) is 0 Å². The Bertz CT molecular complexity index is 193. The Morgan fingerprint density at radius 1 is 1.44 bits per heavy atom. The lowest BCUT2D eigenvalue weighted by atomic mass is 10.0. The zero-order valence-corrected chi connectivity index (χ0v) is 11.0. The lowest BCUT2D eigenvalue weighted by Crippen LogP contribution is -2.31. The summed E-state index contributed by atoms with van der Waals surface area (Å²) in [5.74, 6) is 1.39. The minimum atomic E-state index is 0. The summed E-state index contributed by atoms with van der Waals surface area (Å²) in [6.45, 7) is 3.42. The van der Waals surface area contributed by atoms with Crippen LogP contribution in [0.1, 0.15) is 45.4 Å². The summed E-state index contributed by atoms with van der Waals surface area (Å²) in [6, 6.07) is 0. The lowest BCUT2D eigenvalue weighted by Gasteiger charge is -2.11. The smallest absolute Gasteiger partial charge is 0.220 e. The first kappa shape index (κ1) is 15.7. The van der Waals surface area contributed by atoms with E-state index in [0.29, 0.717) is 18.9 Å². The van der Waals surface area contributed by atoms with Crippen LogP contribution in [0.5, 0.6) is 0 Å². The van der Waals surface area contributed by atoms with Gasteiger partial charge >= 0.3 is 0 Å². The number of halogens is 1. The lowest BCUT2D eigenvalue weighted by molar-refractivity contribution is -0.121. The summed E-state index contributed by atoms with van der Waals surface area (Å²) in [6.07, 6.45) is 7.14. The van der Waals surface area contributed by atoms with E-state index < -0.39 is 0 Å². The maximum atomic E-state index is 11.5. The molecule has 0 aromatic heterocycles. The highest BCUT2D eigenvalue weighted by atomic mass is 35.5. The van der Waals surface area contributed by atoms with Crippen molar-refractivity contribution in [2.45, 2.75) is 45.4 Å². The predicted molar refractivity (Wildman–Crippen MR) is 69.7 cm³/mol. The second-order valence-corrected chi connectivity index (χ2v) is 4.83. The minimum absolute atomic E-state index is 0. The number of hydrogen-bond acceptors (Lipinski definition) is 2. The van der Waals surface area contributed by atoms with Gasteiger partial charge in [0.05, 0.1) is 0 Å². The fourth-order valence-electron chi connectivity index (χ4n) is 2.09. The number of rotatable bonds is 6. The van der Waals surface area contributed by atoms with Crippen molar-refractivity contribution < 1.29 is 4.79 Å². The van der Waals surface area contributed by atoms with Crippen LogP contribution in [0.3, 0.4) is 0 Å². The summed E-state index contributed by atoms with van der Waals surface area (Å²) in [5.41, 5.74) is 5.48. The van der Waals surface area contributed by atoms with E-state index in [0.717, 1.165) is 18.9 Å². The van der Waals surface area contributed by atoms with Crippen molar-refractivity contribution in [3.8, 4) is 0 Å². The second kappa shape index (κ2) is 8.82. The predicted octanol–water partition coefficient (Wildman–Crippen LogP) is 2.09. The quantitative estimate of drug-likeness (QED) is 0.756.